The SMILES string of the molecule is NC(CCc1ccccn1)C1CCOC2(CCOC2)C1. The molecule has 110 valence electrons. The van der Waals surface area contributed by atoms with Gasteiger partial charge in [-0.1, -0.05) is 6.07 Å². The second-order valence-corrected chi connectivity index (χ2v) is 6.11. The lowest BCUT2D eigenvalue weighted by atomic mass is 9.80. The Morgan fingerprint density at radius 3 is 3.10 bits per heavy atom. The highest BCUT2D eigenvalue weighted by atomic mass is 16.6. The molecule has 3 atom stereocenters. The van der Waals surface area contributed by atoms with Crippen molar-refractivity contribution in [1.29, 1.82) is 0 Å². The number of pyridine rings is 1. The molecule has 2 saturated heterocycles. The van der Waals surface area contributed by atoms with Gasteiger partial charge in [-0.2, -0.15) is 0 Å². The second kappa shape index (κ2) is 6.20. The van der Waals surface area contributed by atoms with Crippen LogP contribution >= 0.6 is 0 Å². The van der Waals surface area contributed by atoms with Gasteiger partial charge >= 0.3 is 0 Å². The van der Waals surface area contributed by atoms with Crippen LogP contribution in [0.2, 0.25) is 0 Å². The van der Waals surface area contributed by atoms with Gasteiger partial charge in [-0.25, -0.2) is 0 Å². The van der Waals surface area contributed by atoms with E-state index in [2.05, 4.69) is 11.1 Å². The number of hydrogen-bond donors (Lipinski definition) is 1. The predicted octanol–water partition coefficient (Wildman–Crippen LogP) is 1.93. The highest BCUT2D eigenvalue weighted by Crippen LogP contribution is 2.37. The number of hydrogen-bond acceptors (Lipinski definition) is 4. The molecule has 2 fully saturated rings. The molecule has 3 unspecified atom stereocenters. The van der Waals surface area contributed by atoms with E-state index in [1.54, 1.807) is 0 Å². The topological polar surface area (TPSA) is 57.4 Å². The monoisotopic (exact) mass is 276 g/mol. The van der Waals surface area contributed by atoms with E-state index in [9.17, 15) is 0 Å². The van der Waals surface area contributed by atoms with Gasteiger partial charge in [0.05, 0.1) is 12.2 Å². The average Bonchev–Trinajstić information content (AvgIpc) is 2.93. The Morgan fingerprint density at radius 2 is 2.35 bits per heavy atom. The third-order valence-corrected chi connectivity index (χ3v) is 4.66. The van der Waals surface area contributed by atoms with E-state index < -0.39 is 0 Å². The lowest BCUT2D eigenvalue weighted by Gasteiger charge is -2.39. The van der Waals surface area contributed by atoms with Gasteiger partial charge < -0.3 is 15.2 Å². The van der Waals surface area contributed by atoms with Gasteiger partial charge in [0, 0.05) is 37.6 Å². The third kappa shape index (κ3) is 3.19. The molecule has 0 bridgehead atoms. The summed E-state index contributed by atoms with van der Waals surface area (Å²) in [5.74, 6) is 0.550. The van der Waals surface area contributed by atoms with Crippen LogP contribution in [0.5, 0.6) is 0 Å². The van der Waals surface area contributed by atoms with Crippen LogP contribution in [0.15, 0.2) is 24.4 Å². The maximum atomic E-state index is 6.42. The molecule has 4 nitrogen and oxygen atoms in total. The van der Waals surface area contributed by atoms with Crippen LogP contribution in [-0.4, -0.2) is 36.4 Å². The average molecular weight is 276 g/mol. The van der Waals surface area contributed by atoms with Crippen LogP contribution in [0.3, 0.4) is 0 Å². The number of ether oxygens (including phenoxy) is 2. The summed E-state index contributed by atoms with van der Waals surface area (Å²) >= 11 is 0. The first-order chi connectivity index (χ1) is 9.77. The largest absolute Gasteiger partial charge is 0.378 e. The minimum absolute atomic E-state index is 0.0362. The normalized spacial score (nSPS) is 31.6. The van der Waals surface area contributed by atoms with Gasteiger partial charge in [0.25, 0.3) is 0 Å². The van der Waals surface area contributed by atoms with Gasteiger partial charge in [-0.3, -0.25) is 4.98 Å². The summed E-state index contributed by atoms with van der Waals surface area (Å²) in [6, 6.07) is 6.29. The summed E-state index contributed by atoms with van der Waals surface area (Å²) in [6.07, 6.45) is 6.96. The third-order valence-electron chi connectivity index (χ3n) is 4.66. The fourth-order valence-corrected chi connectivity index (χ4v) is 3.39. The van der Waals surface area contributed by atoms with Crippen molar-refractivity contribution in [1.82, 2.24) is 4.98 Å². The highest BCUT2D eigenvalue weighted by Gasteiger charge is 2.42. The number of aryl methyl sites for hydroxylation is 1. The highest BCUT2D eigenvalue weighted by molar-refractivity contribution is 5.04. The van der Waals surface area contributed by atoms with Crippen LogP contribution in [0.25, 0.3) is 0 Å². The molecule has 1 aromatic heterocycles. The van der Waals surface area contributed by atoms with Crippen molar-refractivity contribution in [3.8, 4) is 0 Å². The Kier molecular flexibility index (Phi) is 4.34. The summed E-state index contributed by atoms with van der Waals surface area (Å²) < 4.78 is 11.5. The molecule has 0 aliphatic carbocycles. The minimum Gasteiger partial charge on any atom is -0.378 e. The smallest absolute Gasteiger partial charge is 0.0939 e. The van der Waals surface area contributed by atoms with Gasteiger partial charge in [0.15, 0.2) is 0 Å². The fraction of sp³-hybridized carbons (Fsp3) is 0.688. The zero-order chi connectivity index (χ0) is 13.8. The summed E-state index contributed by atoms with van der Waals surface area (Å²) in [5.41, 5.74) is 7.52. The molecule has 4 heteroatoms. The maximum Gasteiger partial charge on any atom is 0.0939 e. The van der Waals surface area contributed by atoms with Crippen molar-refractivity contribution < 1.29 is 9.47 Å². The Labute approximate surface area is 120 Å². The Bertz CT molecular complexity index is 418. The Balaban J connectivity index is 1.53. The summed E-state index contributed by atoms with van der Waals surface area (Å²) in [6.45, 7) is 2.40. The maximum absolute atomic E-state index is 6.42. The van der Waals surface area contributed by atoms with Crippen LogP contribution in [-0.2, 0) is 15.9 Å². The van der Waals surface area contributed by atoms with Crippen LogP contribution in [0.1, 0.15) is 31.4 Å². The summed E-state index contributed by atoms with van der Waals surface area (Å²) in [5, 5.41) is 0. The van der Waals surface area contributed by atoms with E-state index in [4.69, 9.17) is 15.2 Å². The minimum atomic E-state index is -0.0362. The predicted molar refractivity (Wildman–Crippen MR) is 77.4 cm³/mol. The summed E-state index contributed by atoms with van der Waals surface area (Å²) in [4.78, 5) is 4.37. The molecule has 3 rings (SSSR count). The number of nitrogens with two attached hydrogens (primary N) is 1. The van der Waals surface area contributed by atoms with Crippen molar-refractivity contribution in [2.45, 2.75) is 43.7 Å². The van der Waals surface area contributed by atoms with Crippen LogP contribution in [0, 0.1) is 5.92 Å². The lowest BCUT2D eigenvalue weighted by Crippen LogP contribution is -2.45. The Morgan fingerprint density at radius 1 is 1.40 bits per heavy atom. The van der Waals surface area contributed by atoms with E-state index in [1.807, 2.05) is 18.3 Å². The molecular weight excluding hydrogens is 252 g/mol. The standard InChI is InChI=1S/C16H24N2O2/c17-15(5-4-14-3-1-2-8-18-14)13-6-9-20-16(11-13)7-10-19-12-16/h1-3,8,13,15H,4-7,9-12,17H2. The van der Waals surface area contributed by atoms with Crippen molar-refractivity contribution in [2.24, 2.45) is 11.7 Å². The molecule has 2 N–H and O–H groups in total. The molecule has 2 aliphatic heterocycles. The first-order valence-corrected chi connectivity index (χ1v) is 7.65. The number of nitrogens with zero attached hydrogens (tertiary/aromatic N) is 1. The van der Waals surface area contributed by atoms with Crippen molar-refractivity contribution >= 4 is 0 Å². The second-order valence-electron chi connectivity index (χ2n) is 6.11. The van der Waals surface area contributed by atoms with Crippen molar-refractivity contribution in [2.75, 3.05) is 19.8 Å². The quantitative estimate of drug-likeness (QED) is 0.913. The van der Waals surface area contributed by atoms with Gasteiger partial charge in [-0.05, 0) is 43.7 Å². The van der Waals surface area contributed by atoms with Gasteiger partial charge in [0.1, 0.15) is 0 Å². The van der Waals surface area contributed by atoms with Crippen molar-refractivity contribution in [3.05, 3.63) is 30.1 Å². The fourth-order valence-electron chi connectivity index (χ4n) is 3.39. The number of aromatic nitrogens is 1. The molecular formula is C16H24N2O2. The van der Waals surface area contributed by atoms with E-state index >= 15 is 0 Å². The molecule has 1 spiro atoms. The molecule has 3 heterocycles. The van der Waals surface area contributed by atoms with E-state index in [1.165, 1.54) is 0 Å². The van der Waals surface area contributed by atoms with Crippen LogP contribution < -0.4 is 5.73 Å². The first-order valence-electron chi connectivity index (χ1n) is 7.65. The molecule has 0 aromatic carbocycles. The molecule has 0 amide bonds. The Hall–Kier alpha value is -0.970. The first kappa shape index (κ1) is 14.0. The van der Waals surface area contributed by atoms with Gasteiger partial charge in [0.2, 0.25) is 0 Å². The number of rotatable bonds is 4. The zero-order valence-electron chi connectivity index (χ0n) is 12.0. The van der Waals surface area contributed by atoms with E-state index in [0.29, 0.717) is 5.92 Å². The van der Waals surface area contributed by atoms with E-state index in [0.717, 1.165) is 57.6 Å². The molecule has 1 aromatic rings. The van der Waals surface area contributed by atoms with Crippen molar-refractivity contribution in [3.63, 3.8) is 0 Å². The van der Waals surface area contributed by atoms with Gasteiger partial charge in [-0.15, -0.1) is 0 Å². The molecule has 20 heavy (non-hydrogen) atoms. The molecule has 0 radical (unpaired) electrons. The summed E-state index contributed by atoms with van der Waals surface area (Å²) in [7, 11) is 0. The molecule has 0 saturated carbocycles. The van der Waals surface area contributed by atoms with Crippen LogP contribution in [0.4, 0.5) is 0 Å². The zero-order valence-corrected chi connectivity index (χ0v) is 12.0. The molecule has 2 aliphatic rings. The van der Waals surface area contributed by atoms with E-state index in [-0.39, 0.29) is 11.6 Å². The lowest BCUT2D eigenvalue weighted by molar-refractivity contribution is -0.101.